The smallest absolute Gasteiger partial charge is 0.264 e. The lowest BCUT2D eigenvalue weighted by Gasteiger charge is -2.37. The topological polar surface area (TPSA) is 80.9 Å². The number of amides is 1. The molecule has 76 valence electrons. The summed E-state index contributed by atoms with van der Waals surface area (Å²) >= 11 is 1.09. The Morgan fingerprint density at radius 1 is 1.71 bits per heavy atom. The Morgan fingerprint density at radius 3 is 3.00 bits per heavy atom. The Kier molecular flexibility index (Phi) is 2.47. The molecular weight excluding hydrogens is 200 g/mol. The Hall–Kier alpha value is -1.01. The molecule has 14 heavy (non-hydrogen) atoms. The highest BCUT2D eigenvalue weighted by Gasteiger charge is 2.32. The monoisotopic (exact) mass is 212 g/mol. The van der Waals surface area contributed by atoms with Crippen molar-refractivity contribution in [3.8, 4) is 0 Å². The average molecular weight is 212 g/mol. The highest BCUT2D eigenvalue weighted by atomic mass is 32.1. The molecule has 0 aromatic carbocycles. The molecule has 0 saturated heterocycles. The standard InChI is InChI=1S/C8H12N4OS/c9-8(2-1-3-8)5-10-7(13)6-4-11-12-14-6/h4H,1-3,5,9H2,(H,10,13). The Morgan fingerprint density at radius 2 is 2.50 bits per heavy atom. The van der Waals surface area contributed by atoms with Crippen molar-refractivity contribution in [2.45, 2.75) is 24.8 Å². The number of aromatic nitrogens is 2. The van der Waals surface area contributed by atoms with Crippen LogP contribution in [-0.4, -0.2) is 27.6 Å². The molecule has 1 heterocycles. The first-order chi connectivity index (χ1) is 6.70. The second kappa shape index (κ2) is 3.62. The minimum Gasteiger partial charge on any atom is -0.349 e. The number of hydrogen-bond donors (Lipinski definition) is 2. The summed E-state index contributed by atoms with van der Waals surface area (Å²) in [5.74, 6) is -0.128. The lowest BCUT2D eigenvalue weighted by atomic mass is 9.78. The zero-order chi connectivity index (χ0) is 10.0. The van der Waals surface area contributed by atoms with Gasteiger partial charge in [-0.15, -0.1) is 5.10 Å². The summed E-state index contributed by atoms with van der Waals surface area (Å²) in [6.07, 6.45) is 4.61. The maximum absolute atomic E-state index is 11.5. The molecule has 0 spiro atoms. The van der Waals surface area contributed by atoms with Crippen LogP contribution in [0.4, 0.5) is 0 Å². The fraction of sp³-hybridized carbons (Fsp3) is 0.625. The summed E-state index contributed by atoms with van der Waals surface area (Å²) in [5.41, 5.74) is 5.79. The van der Waals surface area contributed by atoms with E-state index in [9.17, 15) is 4.79 Å². The summed E-state index contributed by atoms with van der Waals surface area (Å²) in [4.78, 5) is 12.0. The Balaban J connectivity index is 1.84. The maximum Gasteiger partial charge on any atom is 0.264 e. The van der Waals surface area contributed by atoms with Crippen molar-refractivity contribution in [2.75, 3.05) is 6.54 Å². The van der Waals surface area contributed by atoms with E-state index in [-0.39, 0.29) is 11.4 Å². The number of nitrogens with zero attached hydrogens (tertiary/aromatic N) is 2. The molecule has 6 heteroatoms. The fourth-order valence-corrected chi connectivity index (χ4v) is 1.85. The van der Waals surface area contributed by atoms with Gasteiger partial charge >= 0.3 is 0 Å². The number of nitrogens with two attached hydrogens (primary N) is 1. The van der Waals surface area contributed by atoms with Crippen LogP contribution in [0.3, 0.4) is 0 Å². The van der Waals surface area contributed by atoms with Gasteiger partial charge in [0, 0.05) is 12.1 Å². The third-order valence-electron chi connectivity index (χ3n) is 2.54. The van der Waals surface area contributed by atoms with E-state index in [1.54, 1.807) is 0 Å². The zero-order valence-corrected chi connectivity index (χ0v) is 8.51. The first-order valence-electron chi connectivity index (χ1n) is 4.54. The van der Waals surface area contributed by atoms with E-state index >= 15 is 0 Å². The van der Waals surface area contributed by atoms with E-state index in [1.807, 2.05) is 0 Å². The van der Waals surface area contributed by atoms with Gasteiger partial charge in [0.2, 0.25) is 0 Å². The van der Waals surface area contributed by atoms with Crippen LogP contribution in [-0.2, 0) is 0 Å². The summed E-state index contributed by atoms with van der Waals surface area (Å²) < 4.78 is 3.62. The van der Waals surface area contributed by atoms with E-state index in [1.165, 1.54) is 6.20 Å². The summed E-state index contributed by atoms with van der Waals surface area (Å²) in [6.45, 7) is 0.545. The van der Waals surface area contributed by atoms with E-state index in [0.29, 0.717) is 11.4 Å². The van der Waals surface area contributed by atoms with Crippen molar-refractivity contribution in [3.63, 3.8) is 0 Å². The molecule has 0 unspecified atom stereocenters. The highest BCUT2D eigenvalue weighted by Crippen LogP contribution is 2.28. The molecule has 1 aliphatic rings. The Labute approximate surface area is 85.9 Å². The second-order valence-corrected chi connectivity index (χ2v) is 4.47. The molecule has 1 aliphatic carbocycles. The van der Waals surface area contributed by atoms with Crippen LogP contribution in [0.5, 0.6) is 0 Å². The van der Waals surface area contributed by atoms with E-state index in [4.69, 9.17) is 5.73 Å². The summed E-state index contributed by atoms with van der Waals surface area (Å²) in [6, 6.07) is 0. The second-order valence-electron chi connectivity index (χ2n) is 3.68. The van der Waals surface area contributed by atoms with Crippen molar-refractivity contribution >= 4 is 17.4 Å². The minimum absolute atomic E-state index is 0.128. The molecule has 3 N–H and O–H groups in total. The first-order valence-corrected chi connectivity index (χ1v) is 5.31. The van der Waals surface area contributed by atoms with Crippen LogP contribution in [0, 0.1) is 0 Å². The van der Waals surface area contributed by atoms with Crippen LogP contribution in [0.25, 0.3) is 0 Å². The van der Waals surface area contributed by atoms with Gasteiger partial charge in [0.05, 0.1) is 6.20 Å². The van der Waals surface area contributed by atoms with Crippen LogP contribution >= 0.6 is 11.5 Å². The van der Waals surface area contributed by atoms with Crippen LogP contribution < -0.4 is 11.1 Å². The number of hydrogen-bond acceptors (Lipinski definition) is 5. The SMILES string of the molecule is NC1(CNC(=O)c2cnns2)CCC1. The molecule has 5 nitrogen and oxygen atoms in total. The highest BCUT2D eigenvalue weighted by molar-refractivity contribution is 7.07. The van der Waals surface area contributed by atoms with E-state index in [0.717, 1.165) is 30.8 Å². The van der Waals surface area contributed by atoms with Crippen LogP contribution in [0.15, 0.2) is 6.20 Å². The van der Waals surface area contributed by atoms with Gasteiger partial charge < -0.3 is 11.1 Å². The van der Waals surface area contributed by atoms with Crippen LogP contribution in [0.1, 0.15) is 28.9 Å². The van der Waals surface area contributed by atoms with Gasteiger partial charge in [-0.1, -0.05) is 4.49 Å². The van der Waals surface area contributed by atoms with Gasteiger partial charge in [-0.3, -0.25) is 4.79 Å². The van der Waals surface area contributed by atoms with Crippen molar-refractivity contribution in [3.05, 3.63) is 11.1 Å². The molecule has 1 aromatic rings. The van der Waals surface area contributed by atoms with Gasteiger partial charge in [0.1, 0.15) is 4.88 Å². The summed E-state index contributed by atoms with van der Waals surface area (Å²) in [7, 11) is 0. The predicted octanol–water partition coefficient (Wildman–Crippen LogP) is 0.149. The lowest BCUT2D eigenvalue weighted by molar-refractivity contribution is 0.0933. The molecule has 2 rings (SSSR count). The molecule has 0 aliphatic heterocycles. The average Bonchev–Trinajstić information content (AvgIpc) is 2.63. The number of carbonyl (C=O) groups is 1. The number of rotatable bonds is 3. The Bertz CT molecular complexity index is 320. The van der Waals surface area contributed by atoms with Gasteiger partial charge in [-0.25, -0.2) is 0 Å². The molecular formula is C8H12N4OS. The first kappa shape index (κ1) is 9.54. The van der Waals surface area contributed by atoms with Crippen molar-refractivity contribution in [1.29, 1.82) is 0 Å². The predicted molar refractivity (Wildman–Crippen MR) is 53.0 cm³/mol. The minimum atomic E-state index is -0.173. The lowest BCUT2D eigenvalue weighted by Crippen LogP contribution is -2.54. The van der Waals surface area contributed by atoms with Gasteiger partial charge in [0.15, 0.2) is 0 Å². The summed E-state index contributed by atoms with van der Waals surface area (Å²) in [5, 5.41) is 6.39. The van der Waals surface area contributed by atoms with Gasteiger partial charge in [0.25, 0.3) is 5.91 Å². The van der Waals surface area contributed by atoms with Crippen molar-refractivity contribution in [1.82, 2.24) is 14.9 Å². The number of nitrogens with one attached hydrogen (secondary N) is 1. The van der Waals surface area contributed by atoms with Crippen molar-refractivity contribution in [2.24, 2.45) is 5.73 Å². The van der Waals surface area contributed by atoms with E-state index in [2.05, 4.69) is 14.9 Å². The maximum atomic E-state index is 11.5. The number of carbonyl (C=O) groups excluding carboxylic acids is 1. The third kappa shape index (κ3) is 1.91. The molecule has 1 amide bonds. The third-order valence-corrected chi connectivity index (χ3v) is 3.20. The van der Waals surface area contributed by atoms with Gasteiger partial charge in [-0.05, 0) is 30.8 Å². The molecule has 1 aromatic heterocycles. The molecule has 1 saturated carbocycles. The molecule has 1 fully saturated rings. The van der Waals surface area contributed by atoms with E-state index < -0.39 is 0 Å². The normalized spacial score (nSPS) is 18.6. The van der Waals surface area contributed by atoms with Gasteiger partial charge in [-0.2, -0.15) is 0 Å². The van der Waals surface area contributed by atoms with Crippen molar-refractivity contribution < 1.29 is 4.79 Å². The molecule has 0 radical (unpaired) electrons. The molecule has 0 bridgehead atoms. The quantitative estimate of drug-likeness (QED) is 0.747. The largest absolute Gasteiger partial charge is 0.349 e. The fourth-order valence-electron chi connectivity index (χ4n) is 1.42. The molecule has 0 atom stereocenters. The zero-order valence-electron chi connectivity index (χ0n) is 7.69. The van der Waals surface area contributed by atoms with Crippen LogP contribution in [0.2, 0.25) is 0 Å².